The van der Waals surface area contributed by atoms with E-state index in [0.29, 0.717) is 5.92 Å². The molecule has 1 fully saturated rings. The van der Waals surface area contributed by atoms with Crippen LogP contribution in [0, 0.1) is 11.8 Å². The molecule has 1 aromatic heterocycles. The lowest BCUT2D eigenvalue weighted by Gasteiger charge is -2.31. The summed E-state index contributed by atoms with van der Waals surface area (Å²) in [6.45, 7) is 3.89. The van der Waals surface area contributed by atoms with Gasteiger partial charge in [0.2, 0.25) is 5.91 Å². The summed E-state index contributed by atoms with van der Waals surface area (Å²) in [6, 6.07) is 12.1. The van der Waals surface area contributed by atoms with Crippen LogP contribution in [0.25, 0.3) is 0 Å². The summed E-state index contributed by atoms with van der Waals surface area (Å²) in [4.78, 5) is 16.2. The predicted octanol–water partition coefficient (Wildman–Crippen LogP) is 3.31. The van der Waals surface area contributed by atoms with Crippen molar-refractivity contribution in [3.05, 3.63) is 59.9 Å². The van der Waals surface area contributed by atoms with Gasteiger partial charge in [-0.1, -0.05) is 19.1 Å². The van der Waals surface area contributed by atoms with Crippen LogP contribution in [0.15, 0.2) is 48.8 Å². The standard InChI is InChI=1S/C18H21N3O.2ClH/c1-13(16-11-20-12-16)18(22)21-17-4-2-14(3-5-17)10-15-6-8-19-9-7-15;;/h2-9,13,16,20H,10-12H2,1H3,(H,21,22);2*1H. The monoisotopic (exact) mass is 367 g/mol. The van der Waals surface area contributed by atoms with Gasteiger partial charge >= 0.3 is 0 Å². The SMILES string of the molecule is CC(C(=O)Nc1ccc(Cc2ccncc2)cc1)C1CNC1.Cl.Cl. The fraction of sp³-hybridized carbons (Fsp3) is 0.333. The lowest BCUT2D eigenvalue weighted by atomic mass is 9.88. The molecule has 2 aromatic rings. The molecule has 130 valence electrons. The molecule has 4 nitrogen and oxygen atoms in total. The van der Waals surface area contributed by atoms with Crippen LogP contribution in [-0.2, 0) is 11.2 Å². The molecule has 0 aliphatic carbocycles. The van der Waals surface area contributed by atoms with Crippen molar-refractivity contribution in [3.63, 3.8) is 0 Å². The van der Waals surface area contributed by atoms with Crippen LogP contribution in [0.5, 0.6) is 0 Å². The molecule has 1 unspecified atom stereocenters. The predicted molar refractivity (Wildman–Crippen MR) is 102 cm³/mol. The minimum Gasteiger partial charge on any atom is -0.326 e. The molecular formula is C18H23Cl2N3O. The Balaban J connectivity index is 0.00000144. The molecule has 6 heteroatoms. The van der Waals surface area contributed by atoms with Crippen LogP contribution in [-0.4, -0.2) is 24.0 Å². The first-order valence-electron chi connectivity index (χ1n) is 7.72. The minimum absolute atomic E-state index is 0. The topological polar surface area (TPSA) is 54.0 Å². The highest BCUT2D eigenvalue weighted by molar-refractivity contribution is 5.92. The third kappa shape index (κ3) is 5.20. The number of carbonyl (C=O) groups is 1. The molecule has 2 heterocycles. The third-order valence-corrected chi connectivity index (χ3v) is 4.31. The molecule has 0 radical (unpaired) electrons. The smallest absolute Gasteiger partial charge is 0.227 e. The molecule has 1 atom stereocenters. The second-order valence-corrected chi connectivity index (χ2v) is 5.93. The zero-order valence-electron chi connectivity index (χ0n) is 13.6. The van der Waals surface area contributed by atoms with E-state index in [1.165, 1.54) is 11.1 Å². The molecule has 0 spiro atoms. The van der Waals surface area contributed by atoms with Crippen LogP contribution in [0.1, 0.15) is 18.1 Å². The Morgan fingerprint density at radius 1 is 1.12 bits per heavy atom. The van der Waals surface area contributed by atoms with Gasteiger partial charge in [-0.25, -0.2) is 0 Å². The van der Waals surface area contributed by atoms with Crippen molar-refractivity contribution in [2.24, 2.45) is 11.8 Å². The number of nitrogens with zero attached hydrogens (tertiary/aromatic N) is 1. The highest BCUT2D eigenvalue weighted by Gasteiger charge is 2.28. The summed E-state index contributed by atoms with van der Waals surface area (Å²) in [5, 5.41) is 6.21. The maximum atomic E-state index is 12.2. The van der Waals surface area contributed by atoms with Crippen molar-refractivity contribution < 1.29 is 4.79 Å². The fourth-order valence-corrected chi connectivity index (χ4v) is 2.58. The molecule has 1 amide bonds. The first-order chi connectivity index (χ1) is 10.7. The zero-order chi connectivity index (χ0) is 15.4. The van der Waals surface area contributed by atoms with Crippen LogP contribution in [0.3, 0.4) is 0 Å². The summed E-state index contributed by atoms with van der Waals surface area (Å²) in [5.41, 5.74) is 3.32. The molecule has 1 aromatic carbocycles. The van der Waals surface area contributed by atoms with Gasteiger partial charge in [-0.3, -0.25) is 9.78 Å². The van der Waals surface area contributed by atoms with Gasteiger partial charge < -0.3 is 10.6 Å². The first-order valence-corrected chi connectivity index (χ1v) is 7.72. The van der Waals surface area contributed by atoms with Crippen molar-refractivity contribution in [2.75, 3.05) is 18.4 Å². The van der Waals surface area contributed by atoms with E-state index in [2.05, 4.69) is 27.8 Å². The molecule has 0 saturated carbocycles. The summed E-state index contributed by atoms with van der Waals surface area (Å²) in [7, 11) is 0. The first kappa shape index (κ1) is 20.4. The Hall–Kier alpha value is -1.62. The maximum Gasteiger partial charge on any atom is 0.227 e. The quantitative estimate of drug-likeness (QED) is 0.852. The molecule has 3 rings (SSSR count). The lowest BCUT2D eigenvalue weighted by Crippen LogP contribution is -2.48. The van der Waals surface area contributed by atoms with Gasteiger partial charge in [0.15, 0.2) is 0 Å². The van der Waals surface area contributed by atoms with Crippen molar-refractivity contribution in [1.82, 2.24) is 10.3 Å². The Morgan fingerprint density at radius 3 is 2.25 bits per heavy atom. The van der Waals surface area contributed by atoms with Gasteiger partial charge in [-0.05, 0) is 60.8 Å². The van der Waals surface area contributed by atoms with E-state index in [-0.39, 0.29) is 36.6 Å². The Morgan fingerprint density at radius 2 is 1.71 bits per heavy atom. The molecule has 2 N–H and O–H groups in total. The van der Waals surface area contributed by atoms with Crippen molar-refractivity contribution in [2.45, 2.75) is 13.3 Å². The van der Waals surface area contributed by atoms with Crippen molar-refractivity contribution in [3.8, 4) is 0 Å². The minimum atomic E-state index is 0. The average molecular weight is 368 g/mol. The second-order valence-electron chi connectivity index (χ2n) is 5.93. The summed E-state index contributed by atoms with van der Waals surface area (Å²) < 4.78 is 0. The Labute approximate surface area is 155 Å². The van der Waals surface area contributed by atoms with E-state index in [0.717, 1.165) is 25.2 Å². The van der Waals surface area contributed by atoms with Crippen molar-refractivity contribution >= 4 is 36.4 Å². The number of carbonyl (C=O) groups excluding carboxylic acids is 1. The number of benzene rings is 1. The average Bonchev–Trinajstić information content (AvgIpc) is 2.48. The van der Waals surface area contributed by atoms with E-state index in [9.17, 15) is 4.79 Å². The molecular weight excluding hydrogens is 345 g/mol. The van der Waals surface area contributed by atoms with Crippen LogP contribution < -0.4 is 10.6 Å². The van der Waals surface area contributed by atoms with E-state index < -0.39 is 0 Å². The van der Waals surface area contributed by atoms with Gasteiger partial charge in [0.1, 0.15) is 0 Å². The van der Waals surface area contributed by atoms with Crippen molar-refractivity contribution in [1.29, 1.82) is 0 Å². The number of amides is 1. The van der Waals surface area contributed by atoms with Crippen LogP contribution in [0.2, 0.25) is 0 Å². The van der Waals surface area contributed by atoms with Gasteiger partial charge in [0, 0.05) is 24.0 Å². The fourth-order valence-electron chi connectivity index (χ4n) is 2.58. The number of rotatable bonds is 5. The largest absolute Gasteiger partial charge is 0.326 e. The van der Waals surface area contributed by atoms with Gasteiger partial charge in [0.25, 0.3) is 0 Å². The molecule has 24 heavy (non-hydrogen) atoms. The summed E-state index contributed by atoms with van der Waals surface area (Å²) in [5.74, 6) is 0.622. The lowest BCUT2D eigenvalue weighted by molar-refractivity contribution is -0.121. The number of nitrogens with one attached hydrogen (secondary N) is 2. The number of anilines is 1. The van der Waals surface area contributed by atoms with Gasteiger partial charge in [0.05, 0.1) is 0 Å². The van der Waals surface area contributed by atoms with E-state index in [1.54, 1.807) is 12.4 Å². The van der Waals surface area contributed by atoms with Gasteiger partial charge in [-0.2, -0.15) is 0 Å². The number of aromatic nitrogens is 1. The van der Waals surface area contributed by atoms with E-state index >= 15 is 0 Å². The van der Waals surface area contributed by atoms with Crippen LogP contribution >= 0.6 is 24.8 Å². The third-order valence-electron chi connectivity index (χ3n) is 4.31. The zero-order valence-corrected chi connectivity index (χ0v) is 15.2. The number of hydrogen-bond donors (Lipinski definition) is 2. The Bertz CT molecular complexity index is 630. The highest BCUT2D eigenvalue weighted by Crippen LogP contribution is 2.19. The normalized spacial score (nSPS) is 14.5. The van der Waals surface area contributed by atoms with E-state index in [1.807, 2.05) is 31.2 Å². The van der Waals surface area contributed by atoms with Crippen LogP contribution in [0.4, 0.5) is 5.69 Å². The summed E-state index contributed by atoms with van der Waals surface area (Å²) >= 11 is 0. The molecule has 1 saturated heterocycles. The highest BCUT2D eigenvalue weighted by atomic mass is 35.5. The number of hydrogen-bond acceptors (Lipinski definition) is 3. The maximum absolute atomic E-state index is 12.2. The summed E-state index contributed by atoms with van der Waals surface area (Å²) in [6.07, 6.45) is 4.49. The molecule has 0 bridgehead atoms. The molecule has 1 aliphatic rings. The van der Waals surface area contributed by atoms with Gasteiger partial charge in [-0.15, -0.1) is 24.8 Å². The Kier molecular flexibility index (Phi) is 8.19. The second kappa shape index (κ2) is 9.62. The molecule has 1 aliphatic heterocycles. The van der Waals surface area contributed by atoms with E-state index in [4.69, 9.17) is 0 Å². The number of pyridine rings is 1. The number of halogens is 2.